The zero-order chi connectivity index (χ0) is 43.5. The number of carbonyl (C=O) groups excluding carboxylic acids is 6. The van der Waals surface area contributed by atoms with Crippen LogP contribution >= 0.6 is 0 Å². The molecule has 0 aliphatic carbocycles. The molecule has 304 valence electrons. The van der Waals surface area contributed by atoms with Crippen molar-refractivity contribution in [3.63, 3.8) is 0 Å². The highest BCUT2D eigenvalue weighted by molar-refractivity contribution is 6.10. The number of carboxylic acid groups (broad SMARTS) is 1. The molecule has 1 aromatic heterocycles. The van der Waals surface area contributed by atoms with Gasteiger partial charge in [-0.1, -0.05) is 0 Å². The van der Waals surface area contributed by atoms with Crippen LogP contribution in [0.15, 0.2) is 103 Å². The predicted molar refractivity (Wildman–Crippen MR) is 217 cm³/mol. The normalized spacial score (nSPS) is 11.0. The van der Waals surface area contributed by atoms with Crippen LogP contribution in [0.2, 0.25) is 0 Å². The minimum Gasteiger partial charge on any atom is -0.504 e. The summed E-state index contributed by atoms with van der Waals surface area (Å²) in [6.45, 7) is 3.35. The molecule has 1 heterocycles. The molecule has 0 bridgehead atoms. The lowest BCUT2D eigenvalue weighted by Crippen LogP contribution is -2.46. The Hall–Kier alpha value is -8.59. The van der Waals surface area contributed by atoms with Gasteiger partial charge in [0.2, 0.25) is 11.8 Å². The van der Waals surface area contributed by atoms with E-state index < -0.39 is 65.7 Å². The first-order valence-corrected chi connectivity index (χ1v) is 17.9. The molecule has 6 amide bonds. The van der Waals surface area contributed by atoms with Crippen LogP contribution in [0.1, 0.15) is 77.8 Å². The molecule has 0 fully saturated rings. The number of ether oxygens (including phenoxy) is 1. The van der Waals surface area contributed by atoms with Crippen molar-refractivity contribution in [2.24, 2.45) is 5.73 Å². The Morgan fingerprint density at radius 3 is 1.72 bits per heavy atom. The maximum atomic E-state index is 13.3. The van der Waals surface area contributed by atoms with Crippen molar-refractivity contribution in [3.05, 3.63) is 137 Å². The molecular weight excluding hydrogens is 777 g/mol. The van der Waals surface area contributed by atoms with Crippen LogP contribution in [-0.2, 0) is 9.59 Å². The Balaban J connectivity index is 1.21. The lowest BCUT2D eigenvalue weighted by Gasteiger charge is -2.19. The fourth-order valence-corrected chi connectivity index (χ4v) is 5.39. The van der Waals surface area contributed by atoms with Crippen molar-refractivity contribution in [3.8, 4) is 17.6 Å². The number of rotatable bonds is 15. The summed E-state index contributed by atoms with van der Waals surface area (Å²) < 4.78 is 5.76. The molecule has 0 radical (unpaired) electrons. The maximum absolute atomic E-state index is 13.3. The van der Waals surface area contributed by atoms with Crippen molar-refractivity contribution in [1.82, 2.24) is 10.3 Å². The van der Waals surface area contributed by atoms with E-state index in [0.717, 1.165) is 0 Å². The van der Waals surface area contributed by atoms with Crippen LogP contribution in [0.3, 0.4) is 0 Å². The third-order valence-electron chi connectivity index (χ3n) is 8.35. The Bertz CT molecular complexity index is 2500. The Kier molecular flexibility index (Phi) is 13.5. The van der Waals surface area contributed by atoms with E-state index in [1.807, 2.05) is 6.07 Å². The van der Waals surface area contributed by atoms with Gasteiger partial charge in [0.05, 0.1) is 34.9 Å². The van der Waals surface area contributed by atoms with E-state index >= 15 is 0 Å². The third kappa shape index (κ3) is 11.0. The molecular formula is C42H36N8O10. The number of aromatic nitrogens is 1. The molecule has 0 spiro atoms. The van der Waals surface area contributed by atoms with Crippen LogP contribution in [0.4, 0.5) is 22.7 Å². The Labute approximate surface area is 341 Å². The second-order valence-corrected chi connectivity index (χ2v) is 13.1. The van der Waals surface area contributed by atoms with Gasteiger partial charge >= 0.3 is 5.97 Å². The summed E-state index contributed by atoms with van der Waals surface area (Å²) in [5.74, 6) is -6.12. The van der Waals surface area contributed by atoms with Gasteiger partial charge in [0, 0.05) is 34.4 Å². The number of nitrogens with zero attached hydrogens (tertiary/aromatic N) is 2. The molecule has 5 rings (SSSR count). The molecule has 60 heavy (non-hydrogen) atoms. The van der Waals surface area contributed by atoms with Crippen molar-refractivity contribution < 1.29 is 48.5 Å². The number of phenols is 1. The van der Waals surface area contributed by atoms with Crippen molar-refractivity contribution in [1.29, 1.82) is 5.26 Å². The summed E-state index contributed by atoms with van der Waals surface area (Å²) in [6.07, 6.45) is 0.221. The van der Waals surface area contributed by atoms with Crippen LogP contribution < -0.4 is 37.1 Å². The number of nitriles is 1. The molecule has 0 saturated heterocycles. The Morgan fingerprint density at radius 2 is 1.20 bits per heavy atom. The number of pyridine rings is 1. The van der Waals surface area contributed by atoms with Crippen molar-refractivity contribution >= 4 is 64.2 Å². The number of aromatic hydroxyl groups is 1. The number of benzene rings is 4. The molecule has 0 aliphatic rings. The van der Waals surface area contributed by atoms with Crippen LogP contribution in [0, 0.1) is 11.3 Å². The highest BCUT2D eigenvalue weighted by atomic mass is 16.5. The smallest absolute Gasteiger partial charge is 0.335 e. The predicted octanol–water partition coefficient (Wildman–Crippen LogP) is 4.51. The van der Waals surface area contributed by atoms with Crippen LogP contribution in [-0.4, -0.2) is 68.8 Å². The monoisotopic (exact) mass is 812 g/mol. The van der Waals surface area contributed by atoms with Gasteiger partial charge in [0.15, 0.2) is 11.5 Å². The van der Waals surface area contributed by atoms with Gasteiger partial charge in [0.1, 0.15) is 17.8 Å². The molecule has 5 aromatic rings. The number of nitrogens with one attached hydrogen (secondary N) is 5. The quantitative estimate of drug-likeness (QED) is 0.0724. The van der Waals surface area contributed by atoms with Gasteiger partial charge in [0.25, 0.3) is 23.6 Å². The Morgan fingerprint density at radius 1 is 0.683 bits per heavy atom. The first-order valence-electron chi connectivity index (χ1n) is 17.9. The minimum absolute atomic E-state index is 0.0187. The number of primary amides is 1. The van der Waals surface area contributed by atoms with Crippen molar-refractivity contribution in [2.45, 2.75) is 32.4 Å². The molecule has 0 aliphatic heterocycles. The molecule has 18 heteroatoms. The summed E-state index contributed by atoms with van der Waals surface area (Å²) >= 11 is 0. The summed E-state index contributed by atoms with van der Waals surface area (Å²) in [6, 6.07) is 22.6. The lowest BCUT2D eigenvalue weighted by molar-refractivity contribution is -0.123. The average molecular weight is 813 g/mol. The largest absolute Gasteiger partial charge is 0.504 e. The molecule has 4 aromatic carbocycles. The first-order chi connectivity index (χ1) is 28.6. The number of hydrogen-bond acceptors (Lipinski definition) is 11. The second-order valence-electron chi connectivity index (χ2n) is 13.1. The molecule has 0 unspecified atom stereocenters. The summed E-state index contributed by atoms with van der Waals surface area (Å²) in [5, 5.41) is 42.0. The zero-order valence-corrected chi connectivity index (χ0v) is 31.8. The number of carbonyl (C=O) groups is 7. The van der Waals surface area contributed by atoms with E-state index in [4.69, 9.17) is 20.8 Å². The number of amides is 6. The second kappa shape index (κ2) is 19.0. The van der Waals surface area contributed by atoms with Gasteiger partial charge in [-0.2, -0.15) is 5.26 Å². The van der Waals surface area contributed by atoms with Gasteiger partial charge in [-0.15, -0.1) is 0 Å². The third-order valence-corrected chi connectivity index (χ3v) is 8.35. The van der Waals surface area contributed by atoms with E-state index in [2.05, 4.69) is 31.6 Å². The average Bonchev–Trinajstić information content (AvgIpc) is 3.22. The highest BCUT2D eigenvalue weighted by Crippen LogP contribution is 2.39. The molecule has 9 N–H and O–H groups in total. The molecule has 18 nitrogen and oxygen atoms in total. The van der Waals surface area contributed by atoms with Gasteiger partial charge in [-0.05, 0) is 111 Å². The number of hydrogen-bond donors (Lipinski definition) is 8. The van der Waals surface area contributed by atoms with E-state index in [1.54, 1.807) is 13.8 Å². The molecule has 1 atom stereocenters. The number of carboxylic acids is 1. The number of nitrogens with two attached hydrogens (primary N) is 1. The summed E-state index contributed by atoms with van der Waals surface area (Å²) in [7, 11) is 0. The van der Waals surface area contributed by atoms with E-state index in [9.17, 15) is 38.7 Å². The fourth-order valence-electron chi connectivity index (χ4n) is 5.39. The molecule has 0 saturated carbocycles. The topological polar surface area (TPSA) is 292 Å². The summed E-state index contributed by atoms with van der Waals surface area (Å²) in [4.78, 5) is 92.0. The lowest BCUT2D eigenvalue weighted by atomic mass is 10.1. The number of aromatic carboxylic acids is 1. The van der Waals surface area contributed by atoms with Crippen molar-refractivity contribution in [2.75, 3.05) is 21.3 Å². The van der Waals surface area contributed by atoms with Gasteiger partial charge in [-0.25, -0.2) is 9.78 Å². The summed E-state index contributed by atoms with van der Waals surface area (Å²) in [5.41, 5.74) is 6.62. The minimum atomic E-state index is -1.39. The van der Waals surface area contributed by atoms with E-state index in [0.29, 0.717) is 5.69 Å². The number of anilines is 4. The first kappa shape index (κ1) is 42.6. The number of phenolic OH excluding ortho intramolecular Hbond substituents is 1. The zero-order valence-electron chi connectivity index (χ0n) is 31.8. The fraction of sp³-hybridized carbons (Fsp3) is 0.119. The van der Waals surface area contributed by atoms with Crippen LogP contribution in [0.5, 0.6) is 11.5 Å². The van der Waals surface area contributed by atoms with Gasteiger partial charge < -0.3 is 47.3 Å². The highest BCUT2D eigenvalue weighted by Gasteiger charge is 2.25. The van der Waals surface area contributed by atoms with E-state index in [-0.39, 0.29) is 56.3 Å². The SMILES string of the molecule is CC(C)Oc1c(NC(=O)c2ccc(NC(=O)[C@H](CC(N)=O)NC(=O)c3ccc(NC(=O)c4ccc(C#N)nc4)cc3)cc2)ccc(C(=O)Nc2ccc(C(=O)O)cc2)c1O. The maximum Gasteiger partial charge on any atom is 0.335 e. The standard InChI is InChI=1S/C42H36N8O10/c1-22(2)60-36-32(18-17-31(35(36)52)40(56)47-28-14-7-25(8-15-28)42(58)59)49-37(53)23-5-12-29(13-6-23)48-41(57)33(19-34(44)51)50-38(54)24-3-10-27(11-4-24)46-39(55)26-9-16-30(20-43)45-21-26/h3-18,21-22,33,52H,19H2,1-2H3,(H2,44,51)(H,46,55)(H,47,56)(H,48,57)(H,49,53)(H,50,54)(H,58,59)/t33-/m0/s1. The van der Waals surface area contributed by atoms with E-state index in [1.165, 1.54) is 103 Å². The van der Waals surface area contributed by atoms with Gasteiger partial charge in [-0.3, -0.25) is 28.8 Å². The van der Waals surface area contributed by atoms with Crippen LogP contribution in [0.25, 0.3) is 0 Å².